The van der Waals surface area contributed by atoms with Crippen molar-refractivity contribution in [1.29, 1.82) is 0 Å². The van der Waals surface area contributed by atoms with E-state index in [-0.39, 0.29) is 17.3 Å². The molecule has 2 bridgehead atoms. The normalized spacial score (nSPS) is 54.6. The molecule has 0 aromatic rings. The van der Waals surface area contributed by atoms with Gasteiger partial charge < -0.3 is 4.74 Å². The molecule has 3 saturated carbocycles. The minimum Gasteiger partial charge on any atom is -0.469 e. The summed E-state index contributed by atoms with van der Waals surface area (Å²) in [6.45, 7) is 0. The first-order valence-electron chi connectivity index (χ1n) is 3.69. The zero-order valence-corrected chi connectivity index (χ0v) is 5.44. The van der Waals surface area contributed by atoms with Crippen LogP contribution in [0.3, 0.4) is 0 Å². The van der Waals surface area contributed by atoms with Crippen molar-refractivity contribution in [2.45, 2.75) is 19.3 Å². The van der Waals surface area contributed by atoms with Crippen LogP contribution in [0.25, 0.3) is 0 Å². The zero-order valence-electron chi connectivity index (χ0n) is 6.44. The molecular formula is C7H10O2. The Balaban J connectivity index is 2.04. The van der Waals surface area contributed by atoms with Crippen LogP contribution in [-0.2, 0) is 9.53 Å². The summed E-state index contributed by atoms with van der Waals surface area (Å²) in [4.78, 5) is 11.0. The molecule has 0 amide bonds. The Kier molecular flexibility index (Phi) is 0.626. The summed E-state index contributed by atoms with van der Waals surface area (Å²) in [6.07, 6.45) is 2.19. The molecule has 3 aliphatic rings. The van der Waals surface area contributed by atoms with E-state index in [1.807, 2.05) is 0 Å². The Morgan fingerprint density at radius 1 is 1.78 bits per heavy atom. The van der Waals surface area contributed by atoms with Crippen molar-refractivity contribution in [1.82, 2.24) is 0 Å². The van der Waals surface area contributed by atoms with Gasteiger partial charge in [-0.25, -0.2) is 0 Å². The predicted molar refractivity (Wildman–Crippen MR) is 31.8 cm³/mol. The Morgan fingerprint density at radius 3 is 2.67 bits per heavy atom. The molecule has 0 saturated heterocycles. The number of carbonyl (C=O) groups excluding carboxylic acids is 1. The van der Waals surface area contributed by atoms with Crippen molar-refractivity contribution in [2.24, 2.45) is 11.3 Å². The molecule has 0 aromatic heterocycles. The molecule has 3 aliphatic carbocycles. The third kappa shape index (κ3) is 0.443. The Hall–Kier alpha value is -0.530. The van der Waals surface area contributed by atoms with Crippen LogP contribution >= 0.6 is 0 Å². The summed E-state index contributed by atoms with van der Waals surface area (Å²) in [6, 6.07) is 0. The molecule has 0 radical (unpaired) electrons. The Labute approximate surface area is 55.6 Å². The molecule has 0 aromatic carbocycles. The Bertz CT molecular complexity index is 180. The number of carbonyl (C=O) groups is 1. The highest BCUT2D eigenvalue weighted by atomic mass is 16.5. The molecule has 2 heteroatoms. The van der Waals surface area contributed by atoms with Gasteiger partial charge in [-0.1, -0.05) is 0 Å². The van der Waals surface area contributed by atoms with Crippen LogP contribution in [0.15, 0.2) is 0 Å². The summed E-state index contributed by atoms with van der Waals surface area (Å²) in [5, 5.41) is 0. The standard InChI is InChI=1S/C7H10O2/c1-9-6(8)7-2-5(3-7)4-7/h5H,2-4H2,1H3/i5D. The van der Waals surface area contributed by atoms with Crippen molar-refractivity contribution in [3.8, 4) is 0 Å². The number of rotatable bonds is 1. The van der Waals surface area contributed by atoms with E-state index in [4.69, 9.17) is 1.37 Å². The quantitative estimate of drug-likeness (QED) is 0.490. The summed E-state index contributed by atoms with van der Waals surface area (Å²) >= 11 is 0. The lowest BCUT2D eigenvalue weighted by molar-refractivity contribution is -0.188. The van der Waals surface area contributed by atoms with Gasteiger partial charge in [-0.15, -0.1) is 0 Å². The van der Waals surface area contributed by atoms with Crippen molar-refractivity contribution in [3.05, 3.63) is 0 Å². The van der Waals surface area contributed by atoms with Crippen molar-refractivity contribution in [2.75, 3.05) is 7.11 Å². The maximum absolute atomic E-state index is 11.0. The van der Waals surface area contributed by atoms with Gasteiger partial charge in [0.1, 0.15) is 0 Å². The van der Waals surface area contributed by atoms with Gasteiger partial charge in [-0.05, 0) is 25.2 Å². The van der Waals surface area contributed by atoms with Crippen LogP contribution in [0.4, 0.5) is 0 Å². The van der Waals surface area contributed by atoms with Crippen LogP contribution in [0.5, 0.6) is 0 Å². The molecule has 50 valence electrons. The highest BCUT2D eigenvalue weighted by Crippen LogP contribution is 2.64. The molecule has 3 rings (SSSR count). The maximum atomic E-state index is 11.0. The van der Waals surface area contributed by atoms with Gasteiger partial charge in [-0.3, -0.25) is 4.79 Å². The summed E-state index contributed by atoms with van der Waals surface area (Å²) in [7, 11) is 1.42. The molecule has 0 aliphatic heterocycles. The first kappa shape index (κ1) is 4.31. The van der Waals surface area contributed by atoms with Gasteiger partial charge in [0, 0.05) is 1.37 Å². The van der Waals surface area contributed by atoms with Gasteiger partial charge in [0.25, 0.3) is 0 Å². The molecular weight excluding hydrogens is 116 g/mol. The highest BCUT2D eigenvalue weighted by Gasteiger charge is 2.62. The van der Waals surface area contributed by atoms with Crippen molar-refractivity contribution in [3.63, 3.8) is 0 Å². The van der Waals surface area contributed by atoms with Crippen LogP contribution in [-0.4, -0.2) is 13.1 Å². The number of esters is 1. The molecule has 0 N–H and O–H groups in total. The second-order valence-electron chi connectivity index (χ2n) is 3.05. The fourth-order valence-electron chi connectivity index (χ4n) is 1.71. The third-order valence-electron chi connectivity index (χ3n) is 2.38. The minimum absolute atomic E-state index is 0.110. The van der Waals surface area contributed by atoms with Crippen LogP contribution in [0.1, 0.15) is 20.6 Å². The van der Waals surface area contributed by atoms with E-state index in [0.717, 1.165) is 19.3 Å². The van der Waals surface area contributed by atoms with Crippen LogP contribution in [0.2, 0.25) is 0 Å². The molecule has 0 unspecified atom stereocenters. The lowest BCUT2D eigenvalue weighted by Gasteiger charge is -2.58. The van der Waals surface area contributed by atoms with E-state index in [0.29, 0.717) is 0 Å². The van der Waals surface area contributed by atoms with E-state index in [1.165, 1.54) is 7.11 Å². The molecule has 9 heavy (non-hydrogen) atoms. The zero-order chi connectivity index (χ0) is 7.41. The number of hydrogen-bond acceptors (Lipinski definition) is 2. The summed E-state index contributed by atoms with van der Waals surface area (Å²) in [5.41, 5.74) is -0.212. The van der Waals surface area contributed by atoms with E-state index in [9.17, 15) is 4.79 Å². The van der Waals surface area contributed by atoms with Gasteiger partial charge in [-0.2, -0.15) is 0 Å². The monoisotopic (exact) mass is 127 g/mol. The minimum atomic E-state index is -0.242. The third-order valence-corrected chi connectivity index (χ3v) is 2.38. The SMILES string of the molecule is [2H]C12CC(C(=O)OC)(C1)C2. The molecule has 3 fully saturated rings. The highest BCUT2D eigenvalue weighted by molar-refractivity contribution is 5.80. The number of ether oxygens (including phenoxy) is 1. The predicted octanol–water partition coefficient (Wildman–Crippen LogP) is 0.960. The first-order chi connectivity index (χ1) is 4.60. The van der Waals surface area contributed by atoms with Crippen LogP contribution < -0.4 is 0 Å². The lowest BCUT2D eigenvalue weighted by Crippen LogP contribution is -2.57. The van der Waals surface area contributed by atoms with Gasteiger partial charge in [0.15, 0.2) is 0 Å². The fraction of sp³-hybridized carbons (Fsp3) is 0.857. The topological polar surface area (TPSA) is 26.3 Å². The average molecular weight is 127 g/mol. The smallest absolute Gasteiger partial charge is 0.311 e. The first-order valence-corrected chi connectivity index (χ1v) is 3.19. The van der Waals surface area contributed by atoms with Crippen LogP contribution in [0, 0.1) is 11.3 Å². The van der Waals surface area contributed by atoms with Crippen molar-refractivity contribution < 1.29 is 10.9 Å². The Morgan fingerprint density at radius 2 is 2.33 bits per heavy atom. The summed E-state index contributed by atoms with van der Waals surface area (Å²) < 4.78 is 12.1. The van der Waals surface area contributed by atoms with Gasteiger partial charge in [0.2, 0.25) is 0 Å². The average Bonchev–Trinajstić information content (AvgIpc) is 1.77. The largest absolute Gasteiger partial charge is 0.469 e. The van der Waals surface area contributed by atoms with E-state index in [2.05, 4.69) is 4.74 Å². The molecule has 0 heterocycles. The molecule has 0 atom stereocenters. The van der Waals surface area contributed by atoms with E-state index < -0.39 is 0 Å². The molecule has 0 spiro atoms. The number of methoxy groups -OCH3 is 1. The van der Waals surface area contributed by atoms with Crippen molar-refractivity contribution >= 4 is 5.97 Å². The van der Waals surface area contributed by atoms with E-state index >= 15 is 0 Å². The maximum Gasteiger partial charge on any atom is 0.311 e. The fourth-order valence-corrected chi connectivity index (χ4v) is 1.71. The molecule has 2 nitrogen and oxygen atoms in total. The second-order valence-corrected chi connectivity index (χ2v) is 3.05. The van der Waals surface area contributed by atoms with Gasteiger partial charge >= 0.3 is 5.97 Å². The van der Waals surface area contributed by atoms with E-state index in [1.54, 1.807) is 0 Å². The lowest BCUT2D eigenvalue weighted by atomic mass is 9.44. The second kappa shape index (κ2) is 1.31. The van der Waals surface area contributed by atoms with Gasteiger partial charge in [0.05, 0.1) is 12.5 Å². The number of hydrogen-bond donors (Lipinski definition) is 0. The summed E-state index contributed by atoms with van der Waals surface area (Å²) in [5.74, 6) is -0.351.